The fourth-order valence-corrected chi connectivity index (χ4v) is 5.96. The summed E-state index contributed by atoms with van der Waals surface area (Å²) in [7, 11) is -2.30. The van der Waals surface area contributed by atoms with Gasteiger partial charge < -0.3 is 4.74 Å². The first-order valence-electron chi connectivity index (χ1n) is 8.78. The number of hydrogen-bond donors (Lipinski definition) is 0. The molecule has 0 saturated heterocycles. The van der Waals surface area contributed by atoms with E-state index in [9.17, 15) is 12.8 Å². The maximum Gasteiger partial charge on any atom is 0.246 e. The van der Waals surface area contributed by atoms with Crippen LogP contribution in [0.25, 0.3) is 10.6 Å². The summed E-state index contributed by atoms with van der Waals surface area (Å²) < 4.78 is 46.8. The highest BCUT2D eigenvalue weighted by molar-refractivity contribution is 7.89. The molecule has 8 heteroatoms. The molecule has 0 unspecified atom stereocenters. The number of benzene rings is 2. The first-order valence-corrected chi connectivity index (χ1v) is 11.0. The Morgan fingerprint density at radius 1 is 1.21 bits per heavy atom. The summed E-state index contributed by atoms with van der Waals surface area (Å²) in [5.41, 5.74) is 2.53. The van der Waals surface area contributed by atoms with Crippen LogP contribution in [0.2, 0.25) is 0 Å². The molecule has 0 bridgehead atoms. The molecule has 2 aromatic carbocycles. The van der Waals surface area contributed by atoms with Crippen molar-refractivity contribution in [2.24, 2.45) is 0 Å². The number of nitrogens with zero attached hydrogens (tertiary/aromatic N) is 2. The zero-order valence-corrected chi connectivity index (χ0v) is 17.1. The zero-order chi connectivity index (χ0) is 19.9. The van der Waals surface area contributed by atoms with Crippen LogP contribution in [-0.4, -0.2) is 31.4 Å². The molecule has 1 aliphatic rings. The average Bonchev–Trinajstić information content (AvgIpc) is 3.13. The highest BCUT2D eigenvalue weighted by Gasteiger charge is 2.32. The summed E-state index contributed by atoms with van der Waals surface area (Å²) in [6.07, 6.45) is 0.502. The second kappa shape index (κ2) is 7.27. The van der Waals surface area contributed by atoms with Crippen molar-refractivity contribution in [3.05, 3.63) is 64.4 Å². The minimum absolute atomic E-state index is 0.201. The van der Waals surface area contributed by atoms with Gasteiger partial charge in [-0.25, -0.2) is 17.8 Å². The van der Waals surface area contributed by atoms with Crippen LogP contribution in [0.3, 0.4) is 0 Å². The van der Waals surface area contributed by atoms with Crippen LogP contribution in [0.1, 0.15) is 16.1 Å². The van der Waals surface area contributed by atoms with Crippen molar-refractivity contribution >= 4 is 21.4 Å². The van der Waals surface area contributed by atoms with Crippen LogP contribution >= 0.6 is 11.3 Å². The van der Waals surface area contributed by atoms with Gasteiger partial charge in [0, 0.05) is 23.4 Å². The molecule has 1 aromatic heterocycles. The highest BCUT2D eigenvalue weighted by Crippen LogP contribution is 2.35. The Hall–Kier alpha value is -2.29. The van der Waals surface area contributed by atoms with Crippen LogP contribution in [-0.2, 0) is 23.0 Å². The fraction of sp³-hybridized carbons (Fsp3) is 0.250. The lowest BCUT2D eigenvalue weighted by atomic mass is 10.2. The van der Waals surface area contributed by atoms with Gasteiger partial charge in [-0.05, 0) is 36.8 Å². The van der Waals surface area contributed by atoms with Gasteiger partial charge in [0.25, 0.3) is 0 Å². The predicted octanol–water partition coefficient (Wildman–Crippen LogP) is 4.01. The van der Waals surface area contributed by atoms with Gasteiger partial charge in [0.15, 0.2) is 0 Å². The number of hydrogen-bond acceptors (Lipinski definition) is 5. The number of sulfonamides is 1. The van der Waals surface area contributed by atoms with Gasteiger partial charge in [-0.3, -0.25) is 0 Å². The molecule has 28 heavy (non-hydrogen) atoms. The van der Waals surface area contributed by atoms with Gasteiger partial charge in [0.1, 0.15) is 21.5 Å². The van der Waals surface area contributed by atoms with E-state index in [2.05, 4.69) is 4.98 Å². The molecule has 5 nitrogen and oxygen atoms in total. The molecule has 0 fully saturated rings. The van der Waals surface area contributed by atoms with Crippen molar-refractivity contribution in [3.63, 3.8) is 0 Å². The standard InChI is InChI=1S/C20H19FN2O3S2/c1-13-6-7-16(21)19(10-13)28(24,25)23-9-8-17-18(12-23)27-20(22-17)14-4-3-5-15(11-14)26-2/h3-7,10-11H,8-9,12H2,1-2H3. The molecular formula is C20H19FN2O3S2. The molecule has 146 valence electrons. The Morgan fingerprint density at radius 3 is 2.82 bits per heavy atom. The van der Waals surface area contributed by atoms with Gasteiger partial charge in [0.2, 0.25) is 10.0 Å². The van der Waals surface area contributed by atoms with Gasteiger partial charge in [0.05, 0.1) is 19.3 Å². The molecule has 0 aliphatic carbocycles. The van der Waals surface area contributed by atoms with Crippen LogP contribution in [0.5, 0.6) is 5.75 Å². The number of aryl methyl sites for hydroxylation is 1. The average molecular weight is 419 g/mol. The van der Waals surface area contributed by atoms with E-state index >= 15 is 0 Å². The van der Waals surface area contributed by atoms with E-state index in [-0.39, 0.29) is 18.0 Å². The lowest BCUT2D eigenvalue weighted by Gasteiger charge is -2.25. The molecular weight excluding hydrogens is 399 g/mol. The third kappa shape index (κ3) is 3.43. The van der Waals surface area contributed by atoms with Gasteiger partial charge in [-0.1, -0.05) is 18.2 Å². The monoisotopic (exact) mass is 418 g/mol. The molecule has 2 heterocycles. The van der Waals surface area contributed by atoms with Crippen molar-refractivity contribution in [1.29, 1.82) is 0 Å². The van der Waals surface area contributed by atoms with Crippen LogP contribution in [0.4, 0.5) is 4.39 Å². The smallest absolute Gasteiger partial charge is 0.246 e. The Bertz CT molecular complexity index is 1140. The maximum atomic E-state index is 14.2. The van der Waals surface area contributed by atoms with Crippen LogP contribution in [0.15, 0.2) is 47.4 Å². The van der Waals surface area contributed by atoms with E-state index in [1.54, 1.807) is 20.1 Å². The fourth-order valence-electron chi connectivity index (χ4n) is 3.20. The van der Waals surface area contributed by atoms with Crippen molar-refractivity contribution in [3.8, 4) is 16.3 Å². The second-order valence-corrected chi connectivity index (χ2v) is 9.63. The Kier molecular flexibility index (Phi) is 4.95. The van der Waals surface area contributed by atoms with E-state index in [1.165, 1.54) is 27.8 Å². The quantitative estimate of drug-likeness (QED) is 0.642. The van der Waals surface area contributed by atoms with E-state index in [0.29, 0.717) is 12.0 Å². The van der Waals surface area contributed by atoms with E-state index < -0.39 is 15.8 Å². The van der Waals surface area contributed by atoms with Crippen LogP contribution < -0.4 is 4.74 Å². The number of rotatable bonds is 4. The van der Waals surface area contributed by atoms with Crippen molar-refractivity contribution in [1.82, 2.24) is 9.29 Å². The van der Waals surface area contributed by atoms with Crippen molar-refractivity contribution in [2.45, 2.75) is 24.8 Å². The van der Waals surface area contributed by atoms with E-state index in [0.717, 1.165) is 26.9 Å². The highest BCUT2D eigenvalue weighted by atomic mass is 32.2. The van der Waals surface area contributed by atoms with E-state index in [1.807, 2.05) is 24.3 Å². The largest absolute Gasteiger partial charge is 0.497 e. The Morgan fingerprint density at radius 2 is 2.04 bits per heavy atom. The van der Waals surface area contributed by atoms with Crippen LogP contribution in [0, 0.1) is 12.7 Å². The third-order valence-electron chi connectivity index (χ3n) is 4.72. The van der Waals surface area contributed by atoms with E-state index in [4.69, 9.17) is 4.74 Å². The SMILES string of the molecule is COc1cccc(-c2nc3c(s2)CN(S(=O)(=O)c2cc(C)ccc2F)CC3)c1. The van der Waals surface area contributed by atoms with Gasteiger partial charge >= 0.3 is 0 Å². The third-order valence-corrected chi connectivity index (χ3v) is 7.71. The number of halogens is 1. The molecule has 1 aliphatic heterocycles. The molecule has 0 radical (unpaired) electrons. The second-order valence-electron chi connectivity index (χ2n) is 6.64. The molecule has 3 aromatic rings. The number of aromatic nitrogens is 1. The van der Waals surface area contributed by atoms with Gasteiger partial charge in [-0.15, -0.1) is 11.3 Å². The molecule has 0 atom stereocenters. The number of ether oxygens (including phenoxy) is 1. The molecule has 0 N–H and O–H groups in total. The minimum atomic E-state index is -3.91. The summed E-state index contributed by atoms with van der Waals surface area (Å²) in [5, 5.41) is 0.824. The number of fused-ring (bicyclic) bond motifs is 1. The number of methoxy groups -OCH3 is 1. The first-order chi connectivity index (χ1) is 13.4. The number of thiazole rings is 1. The molecule has 0 spiro atoms. The summed E-state index contributed by atoms with van der Waals surface area (Å²) in [6.45, 7) is 2.23. The first kappa shape index (κ1) is 19.0. The zero-order valence-electron chi connectivity index (χ0n) is 15.5. The normalized spacial score (nSPS) is 14.7. The Balaban J connectivity index is 1.65. The lowest BCUT2D eigenvalue weighted by molar-refractivity contribution is 0.390. The summed E-state index contributed by atoms with van der Waals surface area (Å²) in [6, 6.07) is 11.8. The Labute approximate surface area is 167 Å². The molecule has 0 amide bonds. The lowest BCUT2D eigenvalue weighted by Crippen LogP contribution is -2.36. The minimum Gasteiger partial charge on any atom is -0.497 e. The topological polar surface area (TPSA) is 59.5 Å². The molecule has 4 rings (SSSR count). The summed E-state index contributed by atoms with van der Waals surface area (Å²) >= 11 is 1.46. The van der Waals surface area contributed by atoms with Crippen molar-refractivity contribution < 1.29 is 17.5 Å². The summed E-state index contributed by atoms with van der Waals surface area (Å²) in [5.74, 6) is 0.0163. The maximum absolute atomic E-state index is 14.2. The van der Waals surface area contributed by atoms with Gasteiger partial charge in [-0.2, -0.15) is 4.31 Å². The predicted molar refractivity (Wildman–Crippen MR) is 107 cm³/mol. The van der Waals surface area contributed by atoms with Crippen molar-refractivity contribution in [2.75, 3.05) is 13.7 Å². The molecule has 0 saturated carbocycles. The summed E-state index contributed by atoms with van der Waals surface area (Å²) in [4.78, 5) is 5.30.